The normalized spacial score (nSPS) is 18.2. The van der Waals surface area contributed by atoms with Crippen molar-refractivity contribution in [2.75, 3.05) is 0 Å². The topological polar surface area (TPSA) is 59.1 Å². The maximum atomic E-state index is 13.1. The summed E-state index contributed by atoms with van der Waals surface area (Å²) in [6.45, 7) is 0. The van der Waals surface area contributed by atoms with E-state index in [0.717, 1.165) is 26.9 Å². The Kier molecular flexibility index (Phi) is 4.62. The van der Waals surface area contributed by atoms with Gasteiger partial charge in [0.1, 0.15) is 0 Å². The SMILES string of the molecule is O=S(=O)(N[C@@H]1c2cccc3cccc(c23)[C@H]1Sc1ccccn1)c1ccccc1. The zero-order chi connectivity index (χ0) is 19.8. The molecule has 144 valence electrons. The van der Waals surface area contributed by atoms with Crippen molar-refractivity contribution >= 4 is 32.6 Å². The van der Waals surface area contributed by atoms with E-state index < -0.39 is 10.0 Å². The summed E-state index contributed by atoms with van der Waals surface area (Å²) in [5.41, 5.74) is 2.14. The molecule has 4 nitrogen and oxygen atoms in total. The van der Waals surface area contributed by atoms with Crippen LogP contribution in [0, 0.1) is 0 Å². The highest BCUT2D eigenvalue weighted by molar-refractivity contribution is 7.99. The minimum atomic E-state index is -3.67. The van der Waals surface area contributed by atoms with Crippen molar-refractivity contribution in [3.05, 3.63) is 102 Å². The molecule has 0 unspecified atom stereocenters. The van der Waals surface area contributed by atoms with Crippen LogP contribution in [0.4, 0.5) is 0 Å². The van der Waals surface area contributed by atoms with Crippen LogP contribution >= 0.6 is 11.8 Å². The van der Waals surface area contributed by atoms with Gasteiger partial charge in [-0.05, 0) is 46.2 Å². The first-order valence-corrected chi connectivity index (χ1v) is 11.7. The summed E-state index contributed by atoms with van der Waals surface area (Å²) in [5.74, 6) is 0. The first-order valence-electron chi connectivity index (χ1n) is 9.30. The highest BCUT2D eigenvalue weighted by Crippen LogP contribution is 2.53. The van der Waals surface area contributed by atoms with Gasteiger partial charge in [-0.2, -0.15) is 0 Å². The Labute approximate surface area is 174 Å². The summed E-state index contributed by atoms with van der Waals surface area (Å²) < 4.78 is 29.2. The maximum Gasteiger partial charge on any atom is 0.241 e. The standard InChI is InChI=1S/C23H18N2O2S2/c26-29(27,17-10-2-1-3-11-17)25-22-18-12-6-8-16-9-7-13-19(21(16)18)23(22)28-20-14-4-5-15-24-20/h1-15,22-23,25H/t22-,23-/m1/s1. The zero-order valence-electron chi connectivity index (χ0n) is 15.4. The van der Waals surface area contributed by atoms with Crippen molar-refractivity contribution < 1.29 is 8.42 Å². The van der Waals surface area contributed by atoms with Crippen molar-refractivity contribution in [1.29, 1.82) is 0 Å². The molecule has 6 heteroatoms. The molecule has 0 fully saturated rings. The van der Waals surface area contributed by atoms with E-state index in [9.17, 15) is 8.42 Å². The zero-order valence-corrected chi connectivity index (χ0v) is 17.0. The van der Waals surface area contributed by atoms with Crippen LogP contribution in [0.15, 0.2) is 101 Å². The molecule has 0 amide bonds. The van der Waals surface area contributed by atoms with Crippen LogP contribution in [0.2, 0.25) is 0 Å². The van der Waals surface area contributed by atoms with Gasteiger partial charge in [0.2, 0.25) is 10.0 Å². The lowest BCUT2D eigenvalue weighted by atomic mass is 10.1. The van der Waals surface area contributed by atoms with E-state index in [1.807, 2.05) is 42.5 Å². The van der Waals surface area contributed by atoms with Crippen LogP contribution in [0.1, 0.15) is 22.4 Å². The predicted molar refractivity (Wildman–Crippen MR) is 116 cm³/mol. The number of nitrogens with zero attached hydrogens (tertiary/aromatic N) is 1. The van der Waals surface area contributed by atoms with Crippen LogP contribution in [0.25, 0.3) is 10.8 Å². The number of rotatable bonds is 5. The fourth-order valence-corrected chi connectivity index (χ4v) is 6.43. The second kappa shape index (κ2) is 7.30. The van der Waals surface area contributed by atoms with E-state index in [1.165, 1.54) is 0 Å². The number of thioether (sulfide) groups is 1. The Morgan fingerprint density at radius 2 is 1.52 bits per heavy atom. The summed E-state index contributed by atoms with van der Waals surface area (Å²) in [6.07, 6.45) is 1.76. The number of sulfonamides is 1. The molecule has 0 bridgehead atoms. The lowest BCUT2D eigenvalue weighted by molar-refractivity contribution is 0.557. The van der Waals surface area contributed by atoms with Crippen LogP contribution < -0.4 is 4.72 Å². The largest absolute Gasteiger partial charge is 0.250 e. The number of hydrogen-bond acceptors (Lipinski definition) is 4. The van der Waals surface area contributed by atoms with E-state index in [2.05, 4.69) is 27.9 Å². The summed E-state index contributed by atoms with van der Waals surface area (Å²) in [5, 5.41) is 3.01. The second-order valence-corrected chi connectivity index (χ2v) is 9.79. The Bertz CT molecular complexity index is 1270. The molecular weight excluding hydrogens is 400 g/mol. The average molecular weight is 419 g/mol. The van der Waals surface area contributed by atoms with Gasteiger partial charge < -0.3 is 0 Å². The minimum absolute atomic E-state index is 0.107. The Balaban J connectivity index is 1.61. The van der Waals surface area contributed by atoms with Gasteiger partial charge in [0.05, 0.1) is 21.2 Å². The lowest BCUT2D eigenvalue weighted by Gasteiger charge is -2.22. The number of hydrogen-bond donors (Lipinski definition) is 1. The van der Waals surface area contributed by atoms with Crippen molar-refractivity contribution in [2.24, 2.45) is 0 Å². The molecule has 1 N–H and O–H groups in total. The van der Waals surface area contributed by atoms with Crippen LogP contribution in [0.5, 0.6) is 0 Å². The smallest absolute Gasteiger partial charge is 0.241 e. The Hall–Kier alpha value is -2.67. The third-order valence-corrected chi connectivity index (χ3v) is 7.85. The van der Waals surface area contributed by atoms with E-state index in [0.29, 0.717) is 0 Å². The minimum Gasteiger partial charge on any atom is -0.250 e. The maximum absolute atomic E-state index is 13.1. The van der Waals surface area contributed by atoms with Gasteiger partial charge in [0.15, 0.2) is 0 Å². The molecular formula is C23H18N2O2S2. The van der Waals surface area contributed by atoms with Gasteiger partial charge in [0, 0.05) is 6.20 Å². The molecule has 5 rings (SSSR count). The summed E-state index contributed by atoms with van der Waals surface area (Å²) in [6, 6.07) is 26.2. The molecule has 0 saturated carbocycles. The molecule has 1 heterocycles. The van der Waals surface area contributed by atoms with Gasteiger partial charge in [0.25, 0.3) is 0 Å². The molecule has 29 heavy (non-hydrogen) atoms. The van der Waals surface area contributed by atoms with Crippen molar-refractivity contribution in [3.8, 4) is 0 Å². The molecule has 1 aliphatic carbocycles. The first kappa shape index (κ1) is 18.4. The highest BCUT2D eigenvalue weighted by Gasteiger charge is 2.38. The monoisotopic (exact) mass is 418 g/mol. The summed E-state index contributed by atoms with van der Waals surface area (Å²) in [4.78, 5) is 4.71. The van der Waals surface area contributed by atoms with Gasteiger partial charge >= 0.3 is 0 Å². The molecule has 1 aliphatic rings. The van der Waals surface area contributed by atoms with Crippen molar-refractivity contribution in [1.82, 2.24) is 9.71 Å². The molecule has 1 aromatic heterocycles. The number of pyridine rings is 1. The van der Waals surface area contributed by atoms with Gasteiger partial charge in [-0.3, -0.25) is 0 Å². The van der Waals surface area contributed by atoms with E-state index in [-0.39, 0.29) is 16.2 Å². The van der Waals surface area contributed by atoms with Gasteiger partial charge in [-0.1, -0.05) is 72.4 Å². The highest BCUT2D eigenvalue weighted by atomic mass is 32.2. The van der Waals surface area contributed by atoms with Crippen molar-refractivity contribution in [2.45, 2.75) is 21.2 Å². The Morgan fingerprint density at radius 3 is 2.24 bits per heavy atom. The lowest BCUT2D eigenvalue weighted by Crippen LogP contribution is -2.30. The van der Waals surface area contributed by atoms with Crippen LogP contribution in [-0.4, -0.2) is 13.4 Å². The van der Waals surface area contributed by atoms with E-state index in [1.54, 1.807) is 42.2 Å². The number of nitrogens with one attached hydrogen (secondary N) is 1. The second-order valence-electron chi connectivity index (χ2n) is 6.91. The molecule has 0 radical (unpaired) electrons. The fraction of sp³-hybridized carbons (Fsp3) is 0.0870. The number of aromatic nitrogens is 1. The Morgan fingerprint density at radius 1 is 0.793 bits per heavy atom. The molecule has 0 saturated heterocycles. The quantitative estimate of drug-likeness (QED) is 0.490. The average Bonchev–Trinajstić information content (AvgIpc) is 3.04. The first-order chi connectivity index (χ1) is 14.1. The van der Waals surface area contributed by atoms with Crippen LogP contribution in [0.3, 0.4) is 0 Å². The van der Waals surface area contributed by atoms with Crippen LogP contribution in [-0.2, 0) is 10.0 Å². The molecule has 0 aliphatic heterocycles. The fourth-order valence-electron chi connectivity index (χ4n) is 3.88. The molecule has 0 spiro atoms. The van der Waals surface area contributed by atoms with Gasteiger partial charge in [-0.25, -0.2) is 18.1 Å². The van der Waals surface area contributed by atoms with Crippen molar-refractivity contribution in [3.63, 3.8) is 0 Å². The molecule has 4 aromatic rings. The summed E-state index contributed by atoms with van der Waals surface area (Å²) in [7, 11) is -3.67. The third-order valence-electron chi connectivity index (χ3n) is 5.13. The predicted octanol–water partition coefficient (Wildman–Crippen LogP) is 5.10. The summed E-state index contributed by atoms with van der Waals surface area (Å²) >= 11 is 1.59. The van der Waals surface area contributed by atoms with E-state index in [4.69, 9.17) is 0 Å². The number of benzene rings is 3. The third kappa shape index (κ3) is 3.33. The van der Waals surface area contributed by atoms with Gasteiger partial charge in [-0.15, -0.1) is 0 Å². The van der Waals surface area contributed by atoms with E-state index >= 15 is 0 Å². The molecule has 2 atom stereocenters. The molecule has 3 aromatic carbocycles.